The first-order chi connectivity index (χ1) is 8.46. The monoisotopic (exact) mass is 248 g/mol. The molecule has 1 fully saturated rings. The lowest BCUT2D eigenvalue weighted by Gasteiger charge is -2.33. The van der Waals surface area contributed by atoms with E-state index >= 15 is 0 Å². The third kappa shape index (κ3) is 3.18. The van der Waals surface area contributed by atoms with Crippen molar-refractivity contribution in [2.24, 2.45) is 11.1 Å². The number of amidine groups is 1. The lowest BCUT2D eigenvalue weighted by atomic mass is 9.76. The Hall–Kier alpha value is -1.65. The normalized spacial score (nSPS) is 19.4. The quantitative estimate of drug-likeness (QED) is 0.633. The van der Waals surface area contributed by atoms with Crippen LogP contribution in [0.5, 0.6) is 6.01 Å². The predicted octanol–water partition coefficient (Wildman–Crippen LogP) is 2.11. The van der Waals surface area contributed by atoms with Crippen molar-refractivity contribution in [3.63, 3.8) is 0 Å². The zero-order chi connectivity index (χ0) is 13.2. The fourth-order valence-electron chi connectivity index (χ4n) is 2.19. The van der Waals surface area contributed by atoms with Crippen molar-refractivity contribution in [1.82, 2.24) is 9.97 Å². The maximum absolute atomic E-state index is 7.34. The number of nitrogens with two attached hydrogens (primary N) is 1. The van der Waals surface area contributed by atoms with Crippen LogP contribution in [0.4, 0.5) is 0 Å². The molecule has 1 aromatic rings. The lowest BCUT2D eigenvalue weighted by Crippen LogP contribution is -2.29. The standard InChI is InChI=1S/C13H20N4O/c1-13(2)6-3-9(4-7-13)18-12-16-8-5-10(17-12)11(14)15/h5,8-9H,3-4,6-7H2,1-2H3,(H3,14,15). The minimum atomic E-state index is -0.0629. The van der Waals surface area contributed by atoms with Crippen molar-refractivity contribution in [2.45, 2.75) is 45.6 Å². The summed E-state index contributed by atoms with van der Waals surface area (Å²) in [6.45, 7) is 4.58. The van der Waals surface area contributed by atoms with E-state index < -0.39 is 0 Å². The van der Waals surface area contributed by atoms with E-state index in [1.165, 1.54) is 0 Å². The van der Waals surface area contributed by atoms with Crippen molar-refractivity contribution in [3.05, 3.63) is 18.0 Å². The molecule has 0 aromatic carbocycles. The van der Waals surface area contributed by atoms with Gasteiger partial charge in [0.05, 0.1) is 0 Å². The molecule has 0 radical (unpaired) electrons. The highest BCUT2D eigenvalue weighted by molar-refractivity contribution is 5.92. The molecule has 5 nitrogen and oxygen atoms in total. The molecule has 98 valence electrons. The summed E-state index contributed by atoms with van der Waals surface area (Å²) >= 11 is 0. The lowest BCUT2D eigenvalue weighted by molar-refractivity contribution is 0.0906. The van der Waals surface area contributed by atoms with Gasteiger partial charge in [-0.1, -0.05) is 13.8 Å². The average molecular weight is 248 g/mol. The molecule has 0 unspecified atom stereocenters. The SMILES string of the molecule is CC1(C)CCC(Oc2nccc(C(=N)N)n2)CC1. The van der Waals surface area contributed by atoms with Crippen LogP contribution in [0.15, 0.2) is 12.3 Å². The number of aromatic nitrogens is 2. The maximum Gasteiger partial charge on any atom is 0.317 e. The van der Waals surface area contributed by atoms with E-state index in [-0.39, 0.29) is 11.9 Å². The molecule has 0 amide bonds. The largest absolute Gasteiger partial charge is 0.460 e. The Kier molecular flexibility index (Phi) is 3.50. The van der Waals surface area contributed by atoms with Crippen molar-refractivity contribution >= 4 is 5.84 Å². The summed E-state index contributed by atoms with van der Waals surface area (Å²) in [6, 6.07) is 1.94. The zero-order valence-corrected chi connectivity index (χ0v) is 10.9. The number of rotatable bonds is 3. The van der Waals surface area contributed by atoms with Gasteiger partial charge in [0.2, 0.25) is 0 Å². The van der Waals surface area contributed by atoms with E-state index in [1.54, 1.807) is 12.3 Å². The summed E-state index contributed by atoms with van der Waals surface area (Å²) in [6.07, 6.45) is 6.13. The highest BCUT2D eigenvalue weighted by Crippen LogP contribution is 2.36. The molecule has 1 aromatic heterocycles. The van der Waals surface area contributed by atoms with Crippen LogP contribution in [0.2, 0.25) is 0 Å². The Balaban J connectivity index is 1.98. The van der Waals surface area contributed by atoms with Crippen LogP contribution in [0.3, 0.4) is 0 Å². The minimum Gasteiger partial charge on any atom is -0.460 e. The van der Waals surface area contributed by atoms with Gasteiger partial charge in [-0.25, -0.2) is 4.98 Å². The van der Waals surface area contributed by atoms with Crippen molar-refractivity contribution in [2.75, 3.05) is 0 Å². The molecule has 0 aliphatic heterocycles. The molecule has 1 saturated carbocycles. The van der Waals surface area contributed by atoms with Crippen molar-refractivity contribution in [1.29, 1.82) is 5.41 Å². The van der Waals surface area contributed by atoms with Gasteiger partial charge in [0.1, 0.15) is 17.6 Å². The smallest absolute Gasteiger partial charge is 0.317 e. The first-order valence-corrected chi connectivity index (χ1v) is 6.30. The van der Waals surface area contributed by atoms with Crippen LogP contribution in [-0.4, -0.2) is 21.9 Å². The van der Waals surface area contributed by atoms with Gasteiger partial charge < -0.3 is 10.5 Å². The van der Waals surface area contributed by atoms with Gasteiger partial charge in [-0.2, -0.15) is 4.98 Å². The van der Waals surface area contributed by atoms with E-state index in [9.17, 15) is 0 Å². The summed E-state index contributed by atoms with van der Waals surface area (Å²) < 4.78 is 5.76. The van der Waals surface area contributed by atoms with E-state index in [2.05, 4.69) is 23.8 Å². The highest BCUT2D eigenvalue weighted by atomic mass is 16.5. The third-order valence-electron chi connectivity index (χ3n) is 3.47. The van der Waals surface area contributed by atoms with Crippen LogP contribution in [-0.2, 0) is 0 Å². The van der Waals surface area contributed by atoms with Crippen LogP contribution in [0.1, 0.15) is 45.2 Å². The van der Waals surface area contributed by atoms with Crippen LogP contribution < -0.4 is 10.5 Å². The molecule has 0 spiro atoms. The summed E-state index contributed by atoms with van der Waals surface area (Å²) in [7, 11) is 0. The highest BCUT2D eigenvalue weighted by Gasteiger charge is 2.28. The van der Waals surface area contributed by atoms with Crippen LogP contribution in [0, 0.1) is 10.8 Å². The van der Waals surface area contributed by atoms with E-state index in [4.69, 9.17) is 15.9 Å². The summed E-state index contributed by atoms with van der Waals surface area (Å²) in [4.78, 5) is 8.19. The topological polar surface area (TPSA) is 84.9 Å². The fourth-order valence-corrected chi connectivity index (χ4v) is 2.19. The molecule has 5 heteroatoms. The Morgan fingerprint density at radius 2 is 2.11 bits per heavy atom. The molecule has 1 aliphatic carbocycles. The molecule has 0 saturated heterocycles. The molecule has 2 rings (SSSR count). The summed E-state index contributed by atoms with van der Waals surface area (Å²) in [5.41, 5.74) is 6.22. The second kappa shape index (κ2) is 4.92. The molecular formula is C13H20N4O. The molecule has 1 aliphatic rings. The molecule has 1 heterocycles. The first-order valence-electron chi connectivity index (χ1n) is 6.30. The maximum atomic E-state index is 7.34. The van der Waals surface area contributed by atoms with E-state index in [1.807, 2.05) is 0 Å². The van der Waals surface area contributed by atoms with Crippen LogP contribution >= 0.6 is 0 Å². The van der Waals surface area contributed by atoms with Gasteiger partial charge >= 0.3 is 6.01 Å². The first kappa shape index (κ1) is 12.8. The average Bonchev–Trinajstić information content (AvgIpc) is 2.32. The van der Waals surface area contributed by atoms with Gasteiger partial charge in [0.25, 0.3) is 0 Å². The van der Waals surface area contributed by atoms with E-state index in [0.29, 0.717) is 17.1 Å². The van der Waals surface area contributed by atoms with Crippen molar-refractivity contribution < 1.29 is 4.74 Å². The van der Waals surface area contributed by atoms with Gasteiger partial charge in [-0.3, -0.25) is 5.41 Å². The molecule has 0 bridgehead atoms. The van der Waals surface area contributed by atoms with E-state index in [0.717, 1.165) is 25.7 Å². The number of nitrogens with zero attached hydrogens (tertiary/aromatic N) is 2. The Bertz CT molecular complexity index is 434. The number of hydrogen-bond donors (Lipinski definition) is 2. The summed E-state index contributed by atoms with van der Waals surface area (Å²) in [5.74, 6) is -0.0629. The number of nitrogens with one attached hydrogen (secondary N) is 1. The molecule has 3 N–H and O–H groups in total. The zero-order valence-electron chi connectivity index (χ0n) is 10.9. The number of hydrogen-bond acceptors (Lipinski definition) is 4. The summed E-state index contributed by atoms with van der Waals surface area (Å²) in [5, 5.41) is 7.34. The second-order valence-corrected chi connectivity index (χ2v) is 5.62. The van der Waals surface area contributed by atoms with Gasteiger partial charge in [0, 0.05) is 6.20 Å². The molecular weight excluding hydrogens is 228 g/mol. The third-order valence-corrected chi connectivity index (χ3v) is 3.47. The Morgan fingerprint density at radius 3 is 2.72 bits per heavy atom. The fraction of sp³-hybridized carbons (Fsp3) is 0.615. The Morgan fingerprint density at radius 1 is 1.44 bits per heavy atom. The minimum absolute atomic E-state index is 0.0629. The predicted molar refractivity (Wildman–Crippen MR) is 69.7 cm³/mol. The van der Waals surface area contributed by atoms with Crippen molar-refractivity contribution in [3.8, 4) is 6.01 Å². The van der Waals surface area contributed by atoms with Gasteiger partial charge in [-0.05, 0) is 37.2 Å². The second-order valence-electron chi connectivity index (χ2n) is 5.62. The van der Waals surface area contributed by atoms with Crippen LogP contribution in [0.25, 0.3) is 0 Å². The van der Waals surface area contributed by atoms with Gasteiger partial charge in [-0.15, -0.1) is 0 Å². The molecule has 18 heavy (non-hydrogen) atoms. The Labute approximate surface area is 107 Å². The van der Waals surface area contributed by atoms with Gasteiger partial charge in [0.15, 0.2) is 0 Å². The number of nitrogen functional groups attached to an aromatic ring is 1. The molecule has 0 atom stereocenters. The number of ether oxygens (including phenoxy) is 1.